The summed E-state index contributed by atoms with van der Waals surface area (Å²) in [7, 11) is 0. The third kappa shape index (κ3) is 3.22. The summed E-state index contributed by atoms with van der Waals surface area (Å²) in [6, 6.07) is 1.36. The maximum absolute atomic E-state index is 11.8. The van der Waals surface area contributed by atoms with Crippen LogP contribution in [0.15, 0.2) is 12.3 Å². The van der Waals surface area contributed by atoms with Crippen LogP contribution in [0.3, 0.4) is 0 Å². The summed E-state index contributed by atoms with van der Waals surface area (Å²) in [4.78, 5) is 21.8. The van der Waals surface area contributed by atoms with E-state index in [-0.39, 0.29) is 24.2 Å². The van der Waals surface area contributed by atoms with Crippen molar-refractivity contribution in [1.29, 1.82) is 0 Å². The fourth-order valence-corrected chi connectivity index (χ4v) is 1.60. The van der Waals surface area contributed by atoms with Gasteiger partial charge in [-0.1, -0.05) is 0 Å². The molecule has 0 atom stereocenters. The van der Waals surface area contributed by atoms with Gasteiger partial charge in [-0.25, -0.2) is 23.5 Å². The second-order valence-electron chi connectivity index (χ2n) is 3.76. The normalized spacial score (nSPS) is 11.3. The number of H-pyrrole nitrogens is 1. The average molecular weight is 271 g/mol. The van der Waals surface area contributed by atoms with Gasteiger partial charge in [0.15, 0.2) is 5.65 Å². The zero-order valence-corrected chi connectivity index (χ0v) is 9.77. The molecular formula is C11H11F2N3O3. The third-order valence-corrected chi connectivity index (χ3v) is 2.40. The van der Waals surface area contributed by atoms with Crippen LogP contribution in [0.25, 0.3) is 11.2 Å². The number of carbonyl (C=O) groups is 1. The minimum absolute atomic E-state index is 0.0669. The molecular weight excluding hydrogens is 260 g/mol. The second kappa shape index (κ2) is 5.70. The second-order valence-corrected chi connectivity index (χ2v) is 3.76. The number of hydrogen-bond donors (Lipinski definition) is 2. The summed E-state index contributed by atoms with van der Waals surface area (Å²) >= 11 is 0. The Morgan fingerprint density at radius 1 is 1.53 bits per heavy atom. The summed E-state index contributed by atoms with van der Waals surface area (Å²) in [5.41, 5.74) is 0.667. The molecule has 0 bridgehead atoms. The number of halogens is 2. The van der Waals surface area contributed by atoms with Crippen molar-refractivity contribution in [2.24, 2.45) is 0 Å². The van der Waals surface area contributed by atoms with E-state index in [9.17, 15) is 13.6 Å². The predicted octanol–water partition coefficient (Wildman–Crippen LogP) is 1.48. The first-order valence-corrected chi connectivity index (χ1v) is 5.50. The quantitative estimate of drug-likeness (QED) is 0.777. The van der Waals surface area contributed by atoms with Crippen molar-refractivity contribution in [3.63, 3.8) is 0 Å². The van der Waals surface area contributed by atoms with Crippen LogP contribution in [0, 0.1) is 0 Å². The van der Waals surface area contributed by atoms with E-state index in [1.807, 2.05) is 0 Å². The largest absolute Gasteiger partial charge is 0.478 e. The highest BCUT2D eigenvalue weighted by Crippen LogP contribution is 2.14. The van der Waals surface area contributed by atoms with E-state index in [4.69, 9.17) is 9.84 Å². The molecule has 0 fully saturated rings. The van der Waals surface area contributed by atoms with E-state index in [1.165, 1.54) is 12.3 Å². The lowest BCUT2D eigenvalue weighted by atomic mass is 10.2. The number of hydrogen-bond acceptors (Lipinski definition) is 4. The van der Waals surface area contributed by atoms with Crippen molar-refractivity contribution in [2.45, 2.75) is 12.8 Å². The number of carboxylic acids is 1. The number of rotatable bonds is 6. The van der Waals surface area contributed by atoms with E-state index in [0.29, 0.717) is 11.3 Å². The molecule has 0 aliphatic rings. The number of ether oxygens (including phenoxy) is 1. The molecule has 0 saturated heterocycles. The number of pyridine rings is 1. The molecule has 0 unspecified atom stereocenters. The van der Waals surface area contributed by atoms with Gasteiger partial charge in [-0.05, 0) is 6.07 Å². The molecule has 0 saturated carbocycles. The van der Waals surface area contributed by atoms with Crippen LogP contribution in [0.1, 0.15) is 16.2 Å². The lowest BCUT2D eigenvalue weighted by Crippen LogP contribution is -2.07. The number of aromatic amines is 1. The summed E-state index contributed by atoms with van der Waals surface area (Å²) in [5, 5.41) is 8.98. The zero-order chi connectivity index (χ0) is 13.8. The number of imidazole rings is 1. The summed E-state index contributed by atoms with van der Waals surface area (Å²) in [6.07, 6.45) is -0.873. The van der Waals surface area contributed by atoms with Gasteiger partial charge < -0.3 is 14.8 Å². The van der Waals surface area contributed by atoms with Gasteiger partial charge >= 0.3 is 5.97 Å². The highest BCUT2D eigenvalue weighted by atomic mass is 19.3. The zero-order valence-electron chi connectivity index (χ0n) is 9.77. The predicted molar refractivity (Wildman–Crippen MR) is 61.4 cm³/mol. The standard InChI is InChI=1S/C11H11F2N3O3/c12-7(13)5-19-4-2-8-15-9-6(11(17)18)1-3-14-10(9)16-8/h1,3,7H,2,4-5H2,(H,17,18)(H,14,15,16). The number of fused-ring (bicyclic) bond motifs is 1. The third-order valence-electron chi connectivity index (χ3n) is 2.40. The van der Waals surface area contributed by atoms with Crippen molar-refractivity contribution >= 4 is 17.1 Å². The van der Waals surface area contributed by atoms with Crippen molar-refractivity contribution in [1.82, 2.24) is 15.0 Å². The Morgan fingerprint density at radius 2 is 2.32 bits per heavy atom. The Kier molecular flexibility index (Phi) is 4.00. The smallest absolute Gasteiger partial charge is 0.338 e. The van der Waals surface area contributed by atoms with Gasteiger partial charge in [0, 0.05) is 12.6 Å². The Balaban J connectivity index is 2.09. The maximum atomic E-state index is 11.8. The lowest BCUT2D eigenvalue weighted by Gasteiger charge is -2.00. The Morgan fingerprint density at radius 3 is 3.00 bits per heavy atom. The van der Waals surface area contributed by atoms with Gasteiger partial charge in [0.05, 0.1) is 17.7 Å². The first-order valence-electron chi connectivity index (χ1n) is 5.50. The molecule has 2 aromatic rings. The Hall–Kier alpha value is -2.09. The lowest BCUT2D eigenvalue weighted by molar-refractivity contribution is 0.0183. The van der Waals surface area contributed by atoms with Crippen molar-refractivity contribution in [2.75, 3.05) is 13.2 Å². The molecule has 2 N–H and O–H groups in total. The molecule has 8 heteroatoms. The average Bonchev–Trinajstić information content (AvgIpc) is 2.76. The van der Waals surface area contributed by atoms with Gasteiger partial charge in [-0.15, -0.1) is 0 Å². The molecule has 0 amide bonds. The van der Waals surface area contributed by atoms with E-state index in [2.05, 4.69) is 15.0 Å². The topological polar surface area (TPSA) is 88.1 Å². The minimum Gasteiger partial charge on any atom is -0.478 e. The van der Waals surface area contributed by atoms with E-state index >= 15 is 0 Å². The highest BCUT2D eigenvalue weighted by molar-refractivity contribution is 5.99. The molecule has 2 aromatic heterocycles. The highest BCUT2D eigenvalue weighted by Gasteiger charge is 2.13. The molecule has 0 aliphatic carbocycles. The van der Waals surface area contributed by atoms with Crippen LogP contribution < -0.4 is 0 Å². The molecule has 102 valence electrons. The maximum Gasteiger partial charge on any atom is 0.338 e. The van der Waals surface area contributed by atoms with Crippen LogP contribution in [-0.2, 0) is 11.2 Å². The summed E-state index contributed by atoms with van der Waals surface area (Å²) in [6.45, 7) is -0.550. The van der Waals surface area contributed by atoms with Crippen LogP contribution in [0.2, 0.25) is 0 Å². The molecule has 0 spiro atoms. The number of nitrogens with zero attached hydrogens (tertiary/aromatic N) is 2. The van der Waals surface area contributed by atoms with Gasteiger partial charge in [0.1, 0.15) is 12.4 Å². The molecule has 0 aliphatic heterocycles. The molecule has 6 nitrogen and oxygen atoms in total. The SMILES string of the molecule is O=C(O)c1ccnc2nc(CCOCC(F)F)[nH]c12. The fraction of sp³-hybridized carbons (Fsp3) is 0.364. The molecule has 0 aromatic carbocycles. The van der Waals surface area contributed by atoms with E-state index in [0.717, 1.165) is 0 Å². The number of aromatic carboxylic acids is 1. The minimum atomic E-state index is -2.50. The number of carboxylic acid groups (broad SMARTS) is 1. The first kappa shape index (κ1) is 13.3. The monoisotopic (exact) mass is 271 g/mol. The van der Waals surface area contributed by atoms with Crippen LogP contribution in [0.5, 0.6) is 0 Å². The van der Waals surface area contributed by atoms with Crippen LogP contribution >= 0.6 is 0 Å². The number of nitrogens with one attached hydrogen (secondary N) is 1. The van der Waals surface area contributed by atoms with Crippen molar-refractivity contribution < 1.29 is 23.4 Å². The Labute approximate surface area is 106 Å². The number of alkyl halides is 2. The van der Waals surface area contributed by atoms with Crippen molar-refractivity contribution in [3.05, 3.63) is 23.7 Å². The van der Waals surface area contributed by atoms with Gasteiger partial charge in [-0.2, -0.15) is 0 Å². The summed E-state index contributed by atoms with van der Waals surface area (Å²) in [5.74, 6) is -0.637. The van der Waals surface area contributed by atoms with E-state index in [1.54, 1.807) is 0 Å². The fourth-order valence-electron chi connectivity index (χ4n) is 1.60. The van der Waals surface area contributed by atoms with E-state index < -0.39 is 19.0 Å². The first-order chi connectivity index (χ1) is 9.08. The summed E-state index contributed by atoms with van der Waals surface area (Å²) < 4.78 is 28.4. The van der Waals surface area contributed by atoms with Gasteiger partial charge in [0.2, 0.25) is 0 Å². The molecule has 2 heterocycles. The van der Waals surface area contributed by atoms with Gasteiger partial charge in [-0.3, -0.25) is 0 Å². The number of aromatic nitrogens is 3. The molecule has 19 heavy (non-hydrogen) atoms. The van der Waals surface area contributed by atoms with Gasteiger partial charge in [0.25, 0.3) is 6.43 Å². The molecule has 0 radical (unpaired) electrons. The Bertz CT molecular complexity index is 586. The molecule has 2 rings (SSSR count). The van der Waals surface area contributed by atoms with Crippen LogP contribution in [0.4, 0.5) is 8.78 Å². The van der Waals surface area contributed by atoms with Crippen LogP contribution in [-0.4, -0.2) is 45.7 Å². The van der Waals surface area contributed by atoms with Crippen molar-refractivity contribution in [3.8, 4) is 0 Å².